The minimum atomic E-state index is 0.132. The van der Waals surface area contributed by atoms with E-state index in [1.165, 1.54) is 77.1 Å². The molecular weight excluding hydrogens is 605 g/mol. The Morgan fingerprint density at radius 3 is 1.80 bits per heavy atom. The SMILES string of the molecule is C=C(C)/C=C\C(=C/C)N(c1ccc(C)cc1)c1ccc(C2([C@H]3C=CC(N(/C(=C/C=C(C)C)CC)c4ccc(C)cc4)=CC3)CCCCC2)cc1. The van der Waals surface area contributed by atoms with Gasteiger partial charge in [-0.15, -0.1) is 0 Å². The molecule has 1 saturated carbocycles. The molecule has 1 fully saturated rings. The quantitative estimate of drug-likeness (QED) is 0.178. The molecule has 0 bridgehead atoms. The molecular formula is C48H58N2. The zero-order valence-electron chi connectivity index (χ0n) is 31.7. The van der Waals surface area contributed by atoms with Gasteiger partial charge in [0.25, 0.3) is 0 Å². The average molecular weight is 663 g/mol. The second kappa shape index (κ2) is 16.9. The fraction of sp³-hybridized carbons (Fsp3) is 0.333. The molecule has 2 nitrogen and oxygen atoms in total. The van der Waals surface area contributed by atoms with E-state index in [1.807, 2.05) is 6.92 Å². The Bertz CT molecular complexity index is 1780. The van der Waals surface area contributed by atoms with Crippen LogP contribution >= 0.6 is 0 Å². The van der Waals surface area contributed by atoms with Crippen LogP contribution < -0.4 is 9.80 Å². The molecule has 5 rings (SSSR count). The van der Waals surface area contributed by atoms with Crippen molar-refractivity contribution >= 4 is 17.1 Å². The third-order valence-corrected chi connectivity index (χ3v) is 10.4. The van der Waals surface area contributed by atoms with Crippen molar-refractivity contribution in [2.75, 3.05) is 9.80 Å². The summed E-state index contributed by atoms with van der Waals surface area (Å²) in [5.41, 5.74) is 13.8. The first-order valence-electron chi connectivity index (χ1n) is 18.7. The number of aryl methyl sites for hydroxylation is 2. The highest BCUT2D eigenvalue weighted by molar-refractivity contribution is 5.71. The molecule has 0 aliphatic heterocycles. The minimum Gasteiger partial charge on any atom is -0.315 e. The van der Waals surface area contributed by atoms with Gasteiger partial charge in [-0.1, -0.05) is 122 Å². The van der Waals surface area contributed by atoms with Crippen LogP contribution in [0.15, 0.2) is 156 Å². The fourth-order valence-electron chi connectivity index (χ4n) is 7.64. The zero-order chi connectivity index (χ0) is 35.7. The summed E-state index contributed by atoms with van der Waals surface area (Å²) in [6, 6.07) is 27.4. The number of rotatable bonds is 12. The van der Waals surface area contributed by atoms with Crippen LogP contribution in [0.5, 0.6) is 0 Å². The van der Waals surface area contributed by atoms with Crippen LogP contribution in [-0.4, -0.2) is 0 Å². The highest BCUT2D eigenvalue weighted by atomic mass is 15.2. The summed E-state index contributed by atoms with van der Waals surface area (Å²) in [5, 5.41) is 0. The van der Waals surface area contributed by atoms with Crippen LogP contribution in [0.25, 0.3) is 0 Å². The lowest BCUT2D eigenvalue weighted by Gasteiger charge is -2.44. The molecule has 2 aliphatic carbocycles. The van der Waals surface area contributed by atoms with Crippen molar-refractivity contribution < 1.29 is 0 Å². The summed E-state index contributed by atoms with van der Waals surface area (Å²) < 4.78 is 0. The molecule has 0 radical (unpaired) electrons. The summed E-state index contributed by atoms with van der Waals surface area (Å²) in [7, 11) is 0. The Kier molecular flexibility index (Phi) is 12.4. The van der Waals surface area contributed by atoms with Gasteiger partial charge < -0.3 is 9.80 Å². The molecule has 0 heterocycles. The van der Waals surface area contributed by atoms with Gasteiger partial charge in [0.05, 0.1) is 0 Å². The summed E-state index contributed by atoms with van der Waals surface area (Å²) in [6.45, 7) is 19.2. The maximum Gasteiger partial charge on any atom is 0.0461 e. The molecule has 0 N–H and O–H groups in total. The number of anilines is 3. The summed E-state index contributed by atoms with van der Waals surface area (Å²) >= 11 is 0. The molecule has 1 atom stereocenters. The van der Waals surface area contributed by atoms with E-state index < -0.39 is 0 Å². The van der Waals surface area contributed by atoms with Gasteiger partial charge >= 0.3 is 0 Å². The molecule has 3 aromatic rings. The van der Waals surface area contributed by atoms with Crippen molar-refractivity contribution in [3.05, 3.63) is 173 Å². The number of hydrogen-bond donors (Lipinski definition) is 0. The number of allylic oxidation sites excluding steroid dienone is 11. The van der Waals surface area contributed by atoms with E-state index in [-0.39, 0.29) is 5.41 Å². The molecule has 0 saturated heterocycles. The highest BCUT2D eigenvalue weighted by Crippen LogP contribution is 2.49. The number of hydrogen-bond acceptors (Lipinski definition) is 2. The second-order valence-electron chi connectivity index (χ2n) is 14.6. The third kappa shape index (κ3) is 8.59. The van der Waals surface area contributed by atoms with Gasteiger partial charge in [-0.3, -0.25) is 0 Å². The standard InChI is InChI=1S/C48H58N2/c1-9-42(24-14-36(3)4)49(44-26-16-38(7)17-27-44)46-30-20-40(21-31-46)48(34-12-11-13-35-48)41-22-32-47(33-23-41)50(43(10-2)25-15-37(5)6)45-28-18-39(8)19-29-45/h9,14-22,24-33,41H,3,10-13,23,34-35H2,1-2,4-8H3/b24-14-,42-9+,43-25+/t41-/m0/s1. The molecule has 0 amide bonds. The maximum atomic E-state index is 4.10. The first-order valence-corrected chi connectivity index (χ1v) is 18.7. The minimum absolute atomic E-state index is 0.132. The van der Waals surface area contributed by atoms with Crippen molar-refractivity contribution in [3.63, 3.8) is 0 Å². The van der Waals surface area contributed by atoms with Crippen LogP contribution in [0.4, 0.5) is 17.1 Å². The van der Waals surface area contributed by atoms with Crippen LogP contribution in [0.1, 0.15) is 96.3 Å². The van der Waals surface area contributed by atoms with Gasteiger partial charge in [0.1, 0.15) is 0 Å². The molecule has 50 heavy (non-hydrogen) atoms. The molecule has 0 spiro atoms. The second-order valence-corrected chi connectivity index (χ2v) is 14.6. The lowest BCUT2D eigenvalue weighted by atomic mass is 9.60. The Labute approximate surface area is 303 Å². The summed E-state index contributed by atoms with van der Waals surface area (Å²) in [6.07, 6.45) is 26.8. The van der Waals surface area contributed by atoms with Crippen molar-refractivity contribution in [2.24, 2.45) is 5.92 Å². The van der Waals surface area contributed by atoms with Crippen LogP contribution in [0.2, 0.25) is 0 Å². The highest BCUT2D eigenvalue weighted by Gasteiger charge is 2.40. The molecule has 2 heteroatoms. The van der Waals surface area contributed by atoms with Crippen LogP contribution in [-0.2, 0) is 5.41 Å². The third-order valence-electron chi connectivity index (χ3n) is 10.4. The van der Waals surface area contributed by atoms with Gasteiger partial charge in [-0.2, -0.15) is 0 Å². The maximum absolute atomic E-state index is 4.10. The smallest absolute Gasteiger partial charge is 0.0461 e. The fourth-order valence-corrected chi connectivity index (χ4v) is 7.64. The van der Waals surface area contributed by atoms with E-state index >= 15 is 0 Å². The van der Waals surface area contributed by atoms with E-state index in [0.717, 1.165) is 29.8 Å². The predicted octanol–water partition coefficient (Wildman–Crippen LogP) is 13.9. The largest absolute Gasteiger partial charge is 0.315 e. The average Bonchev–Trinajstić information content (AvgIpc) is 3.13. The molecule has 0 aromatic heterocycles. The molecule has 2 aliphatic rings. The van der Waals surface area contributed by atoms with Gasteiger partial charge in [0.2, 0.25) is 0 Å². The van der Waals surface area contributed by atoms with Gasteiger partial charge in [-0.25, -0.2) is 0 Å². The summed E-state index contributed by atoms with van der Waals surface area (Å²) in [5.74, 6) is 0.460. The summed E-state index contributed by atoms with van der Waals surface area (Å²) in [4.78, 5) is 4.83. The van der Waals surface area contributed by atoms with Gasteiger partial charge in [0.15, 0.2) is 0 Å². The Balaban J connectivity index is 1.49. The normalized spacial score (nSPS) is 17.7. The van der Waals surface area contributed by atoms with E-state index in [0.29, 0.717) is 5.92 Å². The van der Waals surface area contributed by atoms with E-state index in [9.17, 15) is 0 Å². The zero-order valence-corrected chi connectivity index (χ0v) is 31.7. The van der Waals surface area contributed by atoms with E-state index in [2.05, 4.69) is 179 Å². The molecule has 0 unspecified atom stereocenters. The lowest BCUT2D eigenvalue weighted by Crippen LogP contribution is -2.37. The first kappa shape index (κ1) is 36.7. The Morgan fingerprint density at radius 1 is 0.760 bits per heavy atom. The van der Waals surface area contributed by atoms with Crippen molar-refractivity contribution in [1.82, 2.24) is 0 Å². The Hall–Kier alpha value is -4.56. The molecule has 260 valence electrons. The first-order chi connectivity index (χ1) is 24.1. The number of benzene rings is 3. The van der Waals surface area contributed by atoms with Crippen molar-refractivity contribution in [2.45, 2.75) is 98.8 Å². The van der Waals surface area contributed by atoms with Gasteiger partial charge in [-0.05, 0) is 133 Å². The molecule has 3 aromatic carbocycles. The number of nitrogens with zero attached hydrogens (tertiary/aromatic N) is 2. The lowest BCUT2D eigenvalue weighted by molar-refractivity contribution is 0.222. The van der Waals surface area contributed by atoms with E-state index in [1.54, 1.807) is 0 Å². The van der Waals surface area contributed by atoms with Crippen molar-refractivity contribution in [1.29, 1.82) is 0 Å². The van der Waals surface area contributed by atoms with Gasteiger partial charge in [0, 0.05) is 39.6 Å². The van der Waals surface area contributed by atoms with Crippen LogP contribution in [0.3, 0.4) is 0 Å². The predicted molar refractivity (Wildman–Crippen MR) is 219 cm³/mol. The monoisotopic (exact) mass is 662 g/mol. The van der Waals surface area contributed by atoms with E-state index in [4.69, 9.17) is 0 Å². The van der Waals surface area contributed by atoms with Crippen molar-refractivity contribution in [3.8, 4) is 0 Å². The topological polar surface area (TPSA) is 6.48 Å². The Morgan fingerprint density at radius 2 is 1.32 bits per heavy atom. The van der Waals surface area contributed by atoms with Crippen LogP contribution in [0, 0.1) is 19.8 Å².